The summed E-state index contributed by atoms with van der Waals surface area (Å²) in [4.78, 5) is 22.4. The van der Waals surface area contributed by atoms with Crippen LogP contribution in [0.1, 0.15) is 177 Å². The van der Waals surface area contributed by atoms with Gasteiger partial charge in [-0.1, -0.05) is 26.2 Å². The van der Waals surface area contributed by atoms with E-state index in [4.69, 9.17) is 10.2 Å². The maximum Gasteiger partial charge on any atom is 0.335 e. The average Bonchev–Trinajstić information content (AvgIpc) is 3.12. The van der Waals surface area contributed by atoms with E-state index < -0.39 is 30.4 Å². The molecule has 0 spiro atoms. The minimum absolute atomic E-state index is 0.118. The Balaban J connectivity index is 0.000000520. The molecule has 2 rings (SSSR count). The second-order valence-electron chi connectivity index (χ2n) is 14.1. The van der Waals surface area contributed by atoms with Crippen molar-refractivity contribution in [1.82, 2.24) is 0 Å². The summed E-state index contributed by atoms with van der Waals surface area (Å²) in [5.41, 5.74) is 0.235. The average molecular weight is 719 g/mol. The number of carboxylic acid groups (broad SMARTS) is 2. The largest absolute Gasteiger partial charge is 0.606 e. The second-order valence-corrected chi connectivity index (χ2v) is 20.6. The van der Waals surface area contributed by atoms with Crippen molar-refractivity contribution in [2.24, 2.45) is 0 Å². The van der Waals surface area contributed by atoms with Crippen LogP contribution in [0.5, 0.6) is 0 Å². The third-order valence-electron chi connectivity index (χ3n) is 9.87. The van der Waals surface area contributed by atoms with Crippen LogP contribution in [-0.2, 0) is 11.2 Å². The predicted molar refractivity (Wildman–Crippen MR) is 214 cm³/mol. The van der Waals surface area contributed by atoms with Gasteiger partial charge in [0.15, 0.2) is 9.79 Å². The van der Waals surface area contributed by atoms with Gasteiger partial charge in [0, 0.05) is 11.2 Å². The first-order valence-electron chi connectivity index (χ1n) is 19.8. The zero-order valence-electron chi connectivity index (χ0n) is 31.6. The number of unbranched alkanes of at least 4 members (excludes halogenated alkanes) is 16. The molecule has 0 saturated heterocycles. The Morgan fingerprint density at radius 2 is 0.735 bits per heavy atom. The molecule has 7 heteroatoms. The molecular weight excluding hydrogens is 647 g/mol. The molecule has 2 aromatic rings. The van der Waals surface area contributed by atoms with E-state index in [9.17, 15) is 14.1 Å². The monoisotopic (exact) mass is 718 g/mol. The molecule has 0 fully saturated rings. The van der Waals surface area contributed by atoms with Crippen LogP contribution >= 0.6 is 7.26 Å². The number of carboxylic acids is 2. The van der Waals surface area contributed by atoms with Gasteiger partial charge >= 0.3 is 174 Å². The van der Waals surface area contributed by atoms with Gasteiger partial charge in [-0.25, -0.2) is 9.59 Å². The molecule has 0 unspecified atom stereocenters. The molecular formula is C42H71O5PS. The SMILES string of the molecule is CCCCCCCCCCCCCCCC[PH](CCCC)(CCCC)CCCC.O=C(O)c1ccc([S+]([O-])c2ccc(C(=O)O)cc2)cc1. The molecule has 0 radical (unpaired) electrons. The van der Waals surface area contributed by atoms with Gasteiger partial charge in [-0.05, 0) is 48.5 Å². The van der Waals surface area contributed by atoms with Crippen LogP contribution in [0.4, 0.5) is 0 Å². The van der Waals surface area contributed by atoms with Crippen molar-refractivity contribution < 1.29 is 24.4 Å². The van der Waals surface area contributed by atoms with Crippen molar-refractivity contribution in [3.8, 4) is 0 Å². The Kier molecular flexibility index (Phi) is 26.5. The third-order valence-corrected chi connectivity index (χ3v) is 16.9. The zero-order valence-corrected chi connectivity index (χ0v) is 33.4. The van der Waals surface area contributed by atoms with Crippen molar-refractivity contribution in [3.63, 3.8) is 0 Å². The van der Waals surface area contributed by atoms with Crippen LogP contribution in [0.3, 0.4) is 0 Å². The Morgan fingerprint density at radius 3 is 1.02 bits per heavy atom. The van der Waals surface area contributed by atoms with Gasteiger partial charge in [0.2, 0.25) is 0 Å². The fourth-order valence-electron chi connectivity index (χ4n) is 6.68. The molecule has 2 aromatic carbocycles. The summed E-state index contributed by atoms with van der Waals surface area (Å²) in [5.74, 6) is -2.10. The Labute approximate surface area is 304 Å². The molecule has 0 saturated carbocycles. The van der Waals surface area contributed by atoms with E-state index in [2.05, 4.69) is 27.7 Å². The normalized spacial score (nSPS) is 11.7. The van der Waals surface area contributed by atoms with Gasteiger partial charge in [0.05, 0.1) is 11.1 Å². The van der Waals surface area contributed by atoms with Crippen LogP contribution in [0.15, 0.2) is 58.3 Å². The minimum atomic E-state index is -1.48. The van der Waals surface area contributed by atoms with Gasteiger partial charge in [0.25, 0.3) is 0 Å². The molecule has 280 valence electrons. The molecule has 2 N–H and O–H groups in total. The second kappa shape index (κ2) is 28.8. The molecule has 0 bridgehead atoms. The number of hydrogen-bond acceptors (Lipinski definition) is 3. The van der Waals surface area contributed by atoms with E-state index in [1.165, 1.54) is 171 Å². The molecule has 49 heavy (non-hydrogen) atoms. The first-order chi connectivity index (χ1) is 23.7. The fourth-order valence-corrected chi connectivity index (χ4v) is 13.5. The van der Waals surface area contributed by atoms with Gasteiger partial charge in [0.1, 0.15) is 0 Å². The Morgan fingerprint density at radius 1 is 0.469 bits per heavy atom. The van der Waals surface area contributed by atoms with E-state index in [0.29, 0.717) is 9.79 Å². The number of hydrogen-bond donors (Lipinski definition) is 2. The summed E-state index contributed by atoms with van der Waals surface area (Å²) >= 11 is -1.48. The summed E-state index contributed by atoms with van der Waals surface area (Å²) in [7, 11) is -0.961. The predicted octanol–water partition coefficient (Wildman–Crippen LogP) is 12.9. The number of benzene rings is 2. The maximum absolute atomic E-state index is 12.2. The van der Waals surface area contributed by atoms with E-state index >= 15 is 0 Å². The number of carbonyl (C=O) groups is 2. The first-order valence-corrected chi connectivity index (χ1v) is 23.8. The third kappa shape index (κ3) is 20.5. The van der Waals surface area contributed by atoms with E-state index in [1.54, 1.807) is 31.1 Å². The topological polar surface area (TPSA) is 97.7 Å². The molecule has 0 amide bonds. The van der Waals surface area contributed by atoms with Crippen LogP contribution in [0.2, 0.25) is 0 Å². The summed E-state index contributed by atoms with van der Waals surface area (Å²) in [5, 5.41) is 17.6. The van der Waals surface area contributed by atoms with Crippen LogP contribution in [-0.4, -0.2) is 51.4 Å². The van der Waals surface area contributed by atoms with Crippen molar-refractivity contribution in [2.45, 2.75) is 166 Å². The van der Waals surface area contributed by atoms with Crippen LogP contribution in [0.25, 0.3) is 0 Å². The quantitative estimate of drug-likeness (QED) is 0.0518. The minimum Gasteiger partial charge on any atom is -0.606 e. The van der Waals surface area contributed by atoms with Crippen LogP contribution in [0, 0.1) is 0 Å². The van der Waals surface area contributed by atoms with Gasteiger partial charge in [-0.15, -0.1) is 0 Å². The van der Waals surface area contributed by atoms with Crippen molar-refractivity contribution >= 4 is 30.4 Å². The molecule has 0 aliphatic carbocycles. The van der Waals surface area contributed by atoms with Gasteiger partial charge in [-0.3, -0.25) is 0 Å². The Bertz CT molecular complexity index is 1030. The molecule has 0 atom stereocenters. The molecule has 0 aliphatic rings. The zero-order chi connectivity index (χ0) is 36.2. The van der Waals surface area contributed by atoms with Gasteiger partial charge in [-0.2, -0.15) is 0 Å². The van der Waals surface area contributed by atoms with Crippen LogP contribution < -0.4 is 0 Å². The van der Waals surface area contributed by atoms with Crippen molar-refractivity contribution in [1.29, 1.82) is 0 Å². The van der Waals surface area contributed by atoms with Gasteiger partial charge < -0.3 is 14.8 Å². The first kappa shape index (κ1) is 45.1. The van der Waals surface area contributed by atoms with E-state index in [1.807, 2.05) is 0 Å². The summed E-state index contributed by atoms with van der Waals surface area (Å²) in [6.07, 6.45) is 36.2. The Hall–Kier alpha value is -1.88. The molecule has 0 aliphatic heterocycles. The molecule has 5 nitrogen and oxygen atoms in total. The van der Waals surface area contributed by atoms with Crippen molar-refractivity contribution in [3.05, 3.63) is 59.7 Å². The van der Waals surface area contributed by atoms with Crippen molar-refractivity contribution in [2.75, 3.05) is 24.6 Å². The fraction of sp³-hybridized carbons (Fsp3) is 0.667. The number of aromatic carboxylic acids is 2. The molecule has 0 heterocycles. The maximum atomic E-state index is 12.2. The summed E-state index contributed by atoms with van der Waals surface area (Å²) in [6, 6.07) is 11.4. The van der Waals surface area contributed by atoms with E-state index in [0.717, 1.165) is 0 Å². The number of rotatable bonds is 28. The summed E-state index contributed by atoms with van der Waals surface area (Å²) < 4.78 is 12.2. The summed E-state index contributed by atoms with van der Waals surface area (Å²) in [6.45, 7) is 9.49. The smallest absolute Gasteiger partial charge is 0.335 e. The standard InChI is InChI=1S/C28H61P.C14H10O5S/c1-5-9-13-14-15-16-17-18-19-20-21-22-23-24-28-29(25-10-6-2,26-11-7-3)27-12-8-4;15-13(16)9-1-5-11(6-2-9)20(19)12-7-3-10(4-8-12)14(17)18/h29H,5-28H2,1-4H3;1-8H,(H,15,16)(H,17,18). The van der Waals surface area contributed by atoms with E-state index in [-0.39, 0.29) is 11.1 Å². The molecule has 0 aromatic heterocycles.